The van der Waals surface area contributed by atoms with Crippen LogP contribution in [0.1, 0.15) is 23.2 Å². The van der Waals surface area contributed by atoms with E-state index in [0.717, 1.165) is 13.2 Å². The third-order valence-electron chi connectivity index (χ3n) is 8.17. The number of likely N-dealkylation sites (N-methyl/N-ethyl adjacent to an activating group) is 1. The first-order chi connectivity index (χ1) is 20.4. The first-order valence-electron chi connectivity index (χ1n) is 13.2. The fraction of sp³-hybridized carbons (Fsp3) is 0.267. The molecule has 1 heterocycles. The van der Waals surface area contributed by atoms with E-state index in [1.54, 1.807) is 12.1 Å². The largest absolute Gasteiger partial charge is 0.510 e. The van der Waals surface area contributed by atoms with Gasteiger partial charge in [-0.2, -0.15) is 0 Å². The van der Waals surface area contributed by atoms with E-state index in [1.807, 2.05) is 19.0 Å². The molecule has 1 aromatic carbocycles. The van der Waals surface area contributed by atoms with Gasteiger partial charge in [-0.15, -0.1) is 0 Å². The third kappa shape index (κ3) is 3.74. The number of aromatic hydroxyl groups is 1. The number of aliphatic hydroxyl groups excluding tert-OH is 2. The molecule has 2 aromatic rings. The number of nitrogens with zero attached hydrogens (tertiary/aromatic N) is 2. The Morgan fingerprint density at radius 3 is 2.28 bits per heavy atom. The number of methoxy groups -OCH3 is 1. The van der Waals surface area contributed by atoms with Gasteiger partial charge in [0.25, 0.3) is 5.56 Å². The van der Waals surface area contributed by atoms with Gasteiger partial charge >= 0.3 is 0 Å². The second kappa shape index (κ2) is 9.63. The van der Waals surface area contributed by atoms with Gasteiger partial charge in [0, 0.05) is 18.2 Å². The van der Waals surface area contributed by atoms with Crippen molar-refractivity contribution in [1.29, 1.82) is 0 Å². The molecule has 1 spiro atoms. The van der Waals surface area contributed by atoms with Crippen LogP contribution in [0.25, 0.3) is 22.3 Å². The van der Waals surface area contributed by atoms with Crippen LogP contribution in [-0.2, 0) is 16.7 Å². The molecule has 4 aliphatic carbocycles. The number of phenolic OH excluding ortho intramolecular Hbond substituents is 1. The van der Waals surface area contributed by atoms with E-state index in [1.165, 1.54) is 6.21 Å². The second-order valence-electron chi connectivity index (χ2n) is 10.8. The Hall–Kier alpha value is -5.30. The van der Waals surface area contributed by atoms with Gasteiger partial charge in [-0.05, 0) is 44.0 Å². The summed E-state index contributed by atoms with van der Waals surface area (Å²) in [6, 6.07) is 3.95. The van der Waals surface area contributed by atoms with E-state index < -0.39 is 76.6 Å². The van der Waals surface area contributed by atoms with Crippen molar-refractivity contribution in [2.75, 3.05) is 34.4 Å². The standard InChI is InChI=1S/C30H25N3O10/c1-33(2)6-7-43-31-11-14-9-13-8-12-4-5-30(22(12)26(38)17(13)29(41)32-14)27(39)20-21(28(30)40)25(37)19-18(24(20)36)15(34)10-16(42-3)23(19)35/h8-11,38-40H,4-7H2,1-3H3,(H,32,41). The van der Waals surface area contributed by atoms with Crippen molar-refractivity contribution in [1.82, 2.24) is 9.88 Å². The van der Waals surface area contributed by atoms with Crippen LogP contribution >= 0.6 is 0 Å². The summed E-state index contributed by atoms with van der Waals surface area (Å²) < 4.78 is 4.89. The SMILES string of the molecule is COc1cc(=O)c2c(=O)c3c(c(=O)c=2c1=O)=C(O)C1(CCc2cc4cc(C=NOCCN(C)C)[nH]c(=O)c4c(O)c21)C=3O. The Morgan fingerprint density at radius 2 is 1.63 bits per heavy atom. The molecular weight excluding hydrogens is 562 g/mol. The number of hydrogen-bond donors (Lipinski definition) is 4. The number of rotatable bonds is 6. The minimum Gasteiger partial charge on any atom is -0.510 e. The van der Waals surface area contributed by atoms with Gasteiger partial charge in [-0.3, -0.25) is 24.0 Å². The van der Waals surface area contributed by atoms with Crippen molar-refractivity contribution in [3.63, 3.8) is 0 Å². The third-order valence-corrected chi connectivity index (χ3v) is 8.17. The lowest BCUT2D eigenvalue weighted by Gasteiger charge is -2.27. The number of benzene rings is 1. The van der Waals surface area contributed by atoms with E-state index in [0.29, 0.717) is 29.8 Å². The first-order valence-corrected chi connectivity index (χ1v) is 13.2. The number of aromatic amines is 1. The number of aromatic nitrogens is 1. The number of phenols is 1. The van der Waals surface area contributed by atoms with Gasteiger partial charge in [-0.25, -0.2) is 0 Å². The minimum absolute atomic E-state index is 0.0599. The molecule has 1 unspecified atom stereocenters. The molecule has 4 aliphatic rings. The Morgan fingerprint density at radius 1 is 0.953 bits per heavy atom. The van der Waals surface area contributed by atoms with Crippen LogP contribution < -0.4 is 42.4 Å². The molecule has 13 heteroatoms. The highest BCUT2D eigenvalue weighted by Gasteiger charge is 2.53. The normalized spacial score (nSPS) is 17.6. The van der Waals surface area contributed by atoms with E-state index in [-0.39, 0.29) is 23.8 Å². The lowest BCUT2D eigenvalue weighted by Crippen LogP contribution is -2.51. The lowest BCUT2D eigenvalue weighted by atomic mass is 9.78. The fourth-order valence-corrected chi connectivity index (χ4v) is 6.21. The smallest absolute Gasteiger partial charge is 0.260 e. The Labute approximate surface area is 239 Å². The first kappa shape index (κ1) is 27.8. The zero-order valence-corrected chi connectivity index (χ0v) is 23.2. The van der Waals surface area contributed by atoms with Gasteiger partial charge in [0.15, 0.2) is 11.2 Å². The molecular formula is C30H25N3O10. The Kier molecular flexibility index (Phi) is 6.24. The van der Waals surface area contributed by atoms with Crippen molar-refractivity contribution in [3.05, 3.63) is 107 Å². The molecule has 6 rings (SSSR count). The van der Waals surface area contributed by atoms with Crippen LogP contribution in [0.4, 0.5) is 0 Å². The summed E-state index contributed by atoms with van der Waals surface area (Å²) in [6.07, 6.45) is 1.40. The predicted octanol–water partition coefficient (Wildman–Crippen LogP) is -1.57. The maximum atomic E-state index is 13.6. The van der Waals surface area contributed by atoms with Crippen molar-refractivity contribution in [3.8, 4) is 11.5 Å². The average Bonchev–Trinajstić information content (AvgIpc) is 3.44. The minimum atomic E-state index is -1.96. The molecule has 4 N–H and O–H groups in total. The number of ether oxygens (including phenoxy) is 1. The molecule has 43 heavy (non-hydrogen) atoms. The number of nitrogens with one attached hydrogen (secondary N) is 1. The van der Waals surface area contributed by atoms with Gasteiger partial charge in [0.2, 0.25) is 16.3 Å². The van der Waals surface area contributed by atoms with Crippen LogP contribution in [0.5, 0.6) is 11.5 Å². The molecule has 13 nitrogen and oxygen atoms in total. The molecule has 0 saturated carbocycles. The van der Waals surface area contributed by atoms with Crippen LogP contribution in [0.15, 0.2) is 47.3 Å². The van der Waals surface area contributed by atoms with Crippen LogP contribution in [0, 0.1) is 10.4 Å². The highest BCUT2D eigenvalue weighted by atomic mass is 16.6. The maximum Gasteiger partial charge on any atom is 0.260 e. The maximum absolute atomic E-state index is 13.6. The van der Waals surface area contributed by atoms with Crippen LogP contribution in [-0.4, -0.2) is 65.8 Å². The number of fused-ring (bicyclic) bond motifs is 4. The van der Waals surface area contributed by atoms with Crippen molar-refractivity contribution in [2.24, 2.45) is 5.16 Å². The number of H-pyrrole nitrogens is 1. The summed E-state index contributed by atoms with van der Waals surface area (Å²) in [5.41, 5.74) is -6.21. The van der Waals surface area contributed by atoms with E-state index >= 15 is 0 Å². The highest BCUT2D eigenvalue weighted by Crippen LogP contribution is 2.54. The zero-order valence-electron chi connectivity index (χ0n) is 23.2. The second-order valence-corrected chi connectivity index (χ2v) is 10.8. The number of hydrogen-bond acceptors (Lipinski definition) is 12. The number of aryl methyl sites for hydroxylation is 1. The molecule has 0 aliphatic heterocycles. The predicted molar refractivity (Wildman–Crippen MR) is 155 cm³/mol. The van der Waals surface area contributed by atoms with Gasteiger partial charge in [-0.1, -0.05) is 11.2 Å². The summed E-state index contributed by atoms with van der Waals surface area (Å²) in [4.78, 5) is 75.6. The molecule has 1 atom stereocenters. The molecule has 0 bridgehead atoms. The Balaban J connectivity index is 1.60. The molecule has 0 saturated heterocycles. The monoisotopic (exact) mass is 587 g/mol. The molecule has 220 valence electrons. The summed E-state index contributed by atoms with van der Waals surface area (Å²) in [5, 5.41) is 35.8. The van der Waals surface area contributed by atoms with Crippen molar-refractivity contribution < 1.29 is 24.9 Å². The molecule has 1 aromatic heterocycles. The van der Waals surface area contributed by atoms with E-state index in [4.69, 9.17) is 9.57 Å². The number of oxime groups is 1. The van der Waals surface area contributed by atoms with E-state index in [2.05, 4.69) is 10.1 Å². The zero-order chi connectivity index (χ0) is 31.0. The highest BCUT2D eigenvalue weighted by molar-refractivity contribution is 5.96. The van der Waals surface area contributed by atoms with E-state index in [9.17, 15) is 39.3 Å². The Bertz CT molecular complexity index is 2390. The average molecular weight is 588 g/mol. The summed E-state index contributed by atoms with van der Waals surface area (Å²) in [7, 11) is 4.88. The van der Waals surface area contributed by atoms with Gasteiger partial charge in [0.05, 0.1) is 45.3 Å². The molecule has 0 amide bonds. The number of pyridine rings is 1. The van der Waals surface area contributed by atoms with Crippen molar-refractivity contribution >= 4 is 28.5 Å². The van der Waals surface area contributed by atoms with Crippen molar-refractivity contribution in [2.45, 2.75) is 18.3 Å². The number of aliphatic hydroxyl groups is 2. The summed E-state index contributed by atoms with van der Waals surface area (Å²) in [6.45, 7) is 0.957. The lowest BCUT2D eigenvalue weighted by molar-refractivity contribution is 0.127. The van der Waals surface area contributed by atoms with Gasteiger partial charge in [0.1, 0.15) is 29.3 Å². The topological polar surface area (TPSA) is 196 Å². The molecule has 0 fully saturated rings. The van der Waals surface area contributed by atoms with Crippen LogP contribution in [0.2, 0.25) is 0 Å². The summed E-state index contributed by atoms with van der Waals surface area (Å²) in [5.74, 6) is -2.53. The van der Waals surface area contributed by atoms with Crippen LogP contribution in [0.3, 0.4) is 0 Å². The fourth-order valence-electron chi connectivity index (χ4n) is 6.21. The quantitative estimate of drug-likeness (QED) is 0.116. The van der Waals surface area contributed by atoms with Gasteiger partial charge < -0.3 is 34.8 Å². The summed E-state index contributed by atoms with van der Waals surface area (Å²) >= 11 is 0. The molecule has 0 radical (unpaired) electrons.